The molecule has 1 aromatic heterocycles. The van der Waals surface area contributed by atoms with Crippen LogP contribution in [0.2, 0.25) is 0 Å². The standard InChI is InChI=1S/C13H22N6O3/c1-3-17-5-7-18(8-6-17)13-11(19(20)21)12(15-10-16-13)14-4-9-22-2/h10H,3-9H2,1-2H3,(H,14,15,16). The SMILES string of the molecule is CCN1CCN(c2ncnc(NCCOC)c2[N+](=O)[O-])CC1. The van der Waals surface area contributed by atoms with E-state index in [1.807, 2.05) is 4.90 Å². The van der Waals surface area contributed by atoms with E-state index in [9.17, 15) is 10.1 Å². The number of piperazine rings is 1. The summed E-state index contributed by atoms with van der Waals surface area (Å²) in [7, 11) is 1.58. The van der Waals surface area contributed by atoms with Gasteiger partial charge in [0.05, 0.1) is 11.5 Å². The van der Waals surface area contributed by atoms with Crippen LogP contribution in [0.3, 0.4) is 0 Å². The number of hydrogen-bond acceptors (Lipinski definition) is 8. The molecule has 1 fully saturated rings. The van der Waals surface area contributed by atoms with Crippen LogP contribution in [-0.4, -0.2) is 72.8 Å². The van der Waals surface area contributed by atoms with Crippen molar-refractivity contribution in [3.63, 3.8) is 0 Å². The van der Waals surface area contributed by atoms with Crippen molar-refractivity contribution in [1.82, 2.24) is 14.9 Å². The van der Waals surface area contributed by atoms with Crippen LogP contribution in [0.25, 0.3) is 0 Å². The van der Waals surface area contributed by atoms with Crippen LogP contribution in [0.1, 0.15) is 6.92 Å². The topological polar surface area (TPSA) is 96.7 Å². The largest absolute Gasteiger partial charge is 0.383 e. The fourth-order valence-electron chi connectivity index (χ4n) is 2.45. The number of ether oxygens (including phenoxy) is 1. The Morgan fingerprint density at radius 2 is 2.09 bits per heavy atom. The average molecular weight is 310 g/mol. The van der Waals surface area contributed by atoms with Gasteiger partial charge in [0.15, 0.2) is 0 Å². The van der Waals surface area contributed by atoms with Gasteiger partial charge >= 0.3 is 5.69 Å². The maximum Gasteiger partial charge on any atom is 0.353 e. The summed E-state index contributed by atoms with van der Waals surface area (Å²) in [6.45, 7) is 7.22. The molecule has 9 heteroatoms. The molecule has 0 amide bonds. The van der Waals surface area contributed by atoms with Crippen molar-refractivity contribution in [1.29, 1.82) is 0 Å². The molecule has 2 heterocycles. The summed E-state index contributed by atoms with van der Waals surface area (Å²) in [6, 6.07) is 0. The second-order valence-electron chi connectivity index (χ2n) is 4.99. The van der Waals surface area contributed by atoms with Crippen LogP contribution < -0.4 is 10.2 Å². The van der Waals surface area contributed by atoms with Crippen LogP contribution in [0.4, 0.5) is 17.3 Å². The van der Waals surface area contributed by atoms with Crippen molar-refractivity contribution >= 4 is 17.3 Å². The lowest BCUT2D eigenvalue weighted by Gasteiger charge is -2.34. The Bertz CT molecular complexity index is 505. The van der Waals surface area contributed by atoms with Crippen LogP contribution in [0, 0.1) is 10.1 Å². The molecule has 0 radical (unpaired) electrons. The number of rotatable bonds is 7. The number of hydrogen-bond donors (Lipinski definition) is 1. The maximum absolute atomic E-state index is 11.5. The van der Waals surface area contributed by atoms with E-state index in [0.717, 1.165) is 32.7 Å². The zero-order valence-electron chi connectivity index (χ0n) is 13.0. The Labute approximate surface area is 129 Å². The van der Waals surface area contributed by atoms with Gasteiger partial charge in [-0.05, 0) is 6.54 Å². The fourth-order valence-corrected chi connectivity index (χ4v) is 2.45. The summed E-state index contributed by atoms with van der Waals surface area (Å²) in [4.78, 5) is 23.4. The first-order valence-electron chi connectivity index (χ1n) is 7.36. The summed E-state index contributed by atoms with van der Waals surface area (Å²) in [5, 5.41) is 14.4. The van der Waals surface area contributed by atoms with Crippen molar-refractivity contribution in [2.75, 3.05) is 63.2 Å². The summed E-state index contributed by atoms with van der Waals surface area (Å²) in [6.07, 6.45) is 1.36. The lowest BCUT2D eigenvalue weighted by molar-refractivity contribution is -0.383. The third kappa shape index (κ3) is 3.80. The van der Waals surface area contributed by atoms with Crippen LogP contribution in [0.15, 0.2) is 6.33 Å². The smallest absolute Gasteiger partial charge is 0.353 e. The van der Waals surface area contributed by atoms with Gasteiger partial charge in [0.25, 0.3) is 0 Å². The van der Waals surface area contributed by atoms with Gasteiger partial charge in [0, 0.05) is 39.8 Å². The summed E-state index contributed by atoms with van der Waals surface area (Å²) < 4.78 is 4.94. The molecule has 0 bridgehead atoms. The van der Waals surface area contributed by atoms with Crippen molar-refractivity contribution in [3.05, 3.63) is 16.4 Å². The number of nitrogens with one attached hydrogen (secondary N) is 1. The van der Waals surface area contributed by atoms with Crippen molar-refractivity contribution in [2.24, 2.45) is 0 Å². The first-order valence-corrected chi connectivity index (χ1v) is 7.36. The molecule has 0 aliphatic carbocycles. The van der Waals surface area contributed by atoms with E-state index in [-0.39, 0.29) is 11.5 Å². The van der Waals surface area contributed by atoms with Gasteiger partial charge in [-0.25, -0.2) is 9.97 Å². The molecule has 1 aliphatic heterocycles. The molecular weight excluding hydrogens is 288 g/mol. The zero-order chi connectivity index (χ0) is 15.9. The molecule has 0 spiro atoms. The molecule has 0 aromatic carbocycles. The Morgan fingerprint density at radius 1 is 1.36 bits per heavy atom. The van der Waals surface area contributed by atoms with Crippen LogP contribution in [0.5, 0.6) is 0 Å². The van der Waals surface area contributed by atoms with E-state index >= 15 is 0 Å². The van der Waals surface area contributed by atoms with Gasteiger partial charge in [0.2, 0.25) is 11.6 Å². The van der Waals surface area contributed by atoms with Crippen LogP contribution >= 0.6 is 0 Å². The van der Waals surface area contributed by atoms with Gasteiger partial charge < -0.3 is 19.9 Å². The molecule has 9 nitrogen and oxygen atoms in total. The summed E-state index contributed by atoms with van der Waals surface area (Å²) >= 11 is 0. The number of anilines is 2. The highest BCUT2D eigenvalue weighted by Crippen LogP contribution is 2.32. The number of methoxy groups -OCH3 is 1. The summed E-state index contributed by atoms with van der Waals surface area (Å²) in [5.74, 6) is 0.626. The molecule has 0 atom stereocenters. The lowest BCUT2D eigenvalue weighted by atomic mass is 10.3. The molecule has 22 heavy (non-hydrogen) atoms. The van der Waals surface area contributed by atoms with E-state index in [2.05, 4.69) is 27.1 Å². The minimum atomic E-state index is -0.420. The minimum Gasteiger partial charge on any atom is -0.383 e. The molecule has 122 valence electrons. The van der Waals surface area contributed by atoms with Crippen molar-refractivity contribution in [2.45, 2.75) is 6.92 Å². The highest BCUT2D eigenvalue weighted by Gasteiger charge is 2.28. The lowest BCUT2D eigenvalue weighted by Crippen LogP contribution is -2.46. The van der Waals surface area contributed by atoms with Gasteiger partial charge in [-0.2, -0.15) is 0 Å². The van der Waals surface area contributed by atoms with Crippen molar-refractivity contribution < 1.29 is 9.66 Å². The average Bonchev–Trinajstić information content (AvgIpc) is 2.54. The van der Waals surface area contributed by atoms with Gasteiger partial charge in [0.1, 0.15) is 6.33 Å². The zero-order valence-corrected chi connectivity index (χ0v) is 13.0. The highest BCUT2D eigenvalue weighted by atomic mass is 16.6. The molecular formula is C13H22N6O3. The second kappa shape index (κ2) is 7.85. The van der Waals surface area contributed by atoms with E-state index < -0.39 is 4.92 Å². The number of aromatic nitrogens is 2. The molecule has 2 rings (SSSR count). The predicted octanol–water partition coefficient (Wildman–Crippen LogP) is 0.585. The van der Waals surface area contributed by atoms with E-state index in [1.165, 1.54) is 6.33 Å². The third-order valence-electron chi connectivity index (χ3n) is 3.70. The second-order valence-corrected chi connectivity index (χ2v) is 4.99. The number of nitrogens with zero attached hydrogens (tertiary/aromatic N) is 5. The highest BCUT2D eigenvalue weighted by molar-refractivity contribution is 5.70. The molecule has 0 saturated carbocycles. The van der Waals surface area contributed by atoms with Crippen molar-refractivity contribution in [3.8, 4) is 0 Å². The van der Waals surface area contributed by atoms with Gasteiger partial charge in [-0.3, -0.25) is 10.1 Å². The normalized spacial score (nSPS) is 15.8. The molecule has 1 aliphatic rings. The Kier molecular flexibility index (Phi) is 5.84. The van der Waals surface area contributed by atoms with Gasteiger partial charge in [-0.15, -0.1) is 0 Å². The Balaban J connectivity index is 2.19. The third-order valence-corrected chi connectivity index (χ3v) is 3.70. The van der Waals surface area contributed by atoms with Gasteiger partial charge in [-0.1, -0.05) is 6.92 Å². The minimum absolute atomic E-state index is 0.0662. The Morgan fingerprint density at radius 3 is 2.68 bits per heavy atom. The Hall–Kier alpha value is -2.00. The number of likely N-dealkylation sites (N-methyl/N-ethyl adjacent to an activating group) is 1. The molecule has 1 saturated heterocycles. The monoisotopic (exact) mass is 310 g/mol. The van der Waals surface area contributed by atoms with Crippen LogP contribution in [-0.2, 0) is 4.74 Å². The quantitative estimate of drug-likeness (QED) is 0.444. The first-order chi connectivity index (χ1) is 10.7. The fraction of sp³-hybridized carbons (Fsp3) is 0.692. The van der Waals surface area contributed by atoms with E-state index in [4.69, 9.17) is 4.74 Å². The van der Waals surface area contributed by atoms with E-state index in [0.29, 0.717) is 19.0 Å². The maximum atomic E-state index is 11.5. The molecule has 1 N–H and O–H groups in total. The molecule has 1 aromatic rings. The summed E-state index contributed by atoms with van der Waals surface area (Å²) in [5.41, 5.74) is -0.0662. The predicted molar refractivity (Wildman–Crippen MR) is 83.4 cm³/mol. The first kappa shape index (κ1) is 16.4. The molecule has 0 unspecified atom stereocenters. The van der Waals surface area contributed by atoms with E-state index in [1.54, 1.807) is 7.11 Å². The number of nitro groups is 1.